The van der Waals surface area contributed by atoms with Crippen molar-refractivity contribution >= 4 is 11.7 Å². The Bertz CT molecular complexity index is 488. The van der Waals surface area contributed by atoms with Crippen LogP contribution in [0.3, 0.4) is 0 Å². The van der Waals surface area contributed by atoms with Crippen LogP contribution in [0.4, 0.5) is 5.82 Å². The topological polar surface area (TPSA) is 71.7 Å². The number of aromatic nitrogens is 1. The number of nitrogens with zero attached hydrogens (tertiary/aromatic N) is 3. The van der Waals surface area contributed by atoms with Gasteiger partial charge in [0.1, 0.15) is 5.82 Å². The molecule has 0 spiro atoms. The fourth-order valence-electron chi connectivity index (χ4n) is 2.94. The molecule has 0 radical (unpaired) electrons. The van der Waals surface area contributed by atoms with Gasteiger partial charge in [-0.25, -0.2) is 4.98 Å². The second-order valence-corrected chi connectivity index (χ2v) is 5.28. The molecule has 6 nitrogen and oxygen atoms in total. The number of nitrogen functional groups attached to an aromatic ring is 1. The number of rotatable bonds is 2. The van der Waals surface area contributed by atoms with E-state index in [-0.39, 0.29) is 5.91 Å². The Morgan fingerprint density at radius 3 is 2.90 bits per heavy atom. The van der Waals surface area contributed by atoms with Crippen LogP contribution in [-0.2, 0) is 4.74 Å². The number of anilines is 1. The first-order chi connectivity index (χ1) is 9.75. The van der Waals surface area contributed by atoms with Gasteiger partial charge in [-0.2, -0.15) is 0 Å². The summed E-state index contributed by atoms with van der Waals surface area (Å²) in [6.07, 6.45) is 2.62. The summed E-state index contributed by atoms with van der Waals surface area (Å²) in [6, 6.07) is 3.94. The minimum absolute atomic E-state index is 0.00800. The highest BCUT2D eigenvalue weighted by atomic mass is 16.5. The molecule has 2 aliphatic heterocycles. The van der Waals surface area contributed by atoms with Crippen LogP contribution in [0.2, 0.25) is 0 Å². The van der Waals surface area contributed by atoms with Crippen LogP contribution < -0.4 is 5.73 Å². The highest BCUT2D eigenvalue weighted by molar-refractivity contribution is 5.98. The minimum atomic E-state index is -0.00800. The number of morpholine rings is 1. The van der Waals surface area contributed by atoms with E-state index in [1.54, 1.807) is 18.3 Å². The van der Waals surface area contributed by atoms with E-state index in [0.717, 1.165) is 45.8 Å². The number of hydrogen-bond acceptors (Lipinski definition) is 5. The van der Waals surface area contributed by atoms with Crippen molar-refractivity contribution in [2.75, 3.05) is 45.1 Å². The van der Waals surface area contributed by atoms with E-state index in [1.165, 1.54) is 0 Å². The molecule has 1 aromatic rings. The van der Waals surface area contributed by atoms with Crippen molar-refractivity contribution in [2.45, 2.75) is 12.5 Å². The van der Waals surface area contributed by atoms with Crippen molar-refractivity contribution in [3.8, 4) is 0 Å². The number of amides is 1. The van der Waals surface area contributed by atoms with Crippen molar-refractivity contribution in [2.24, 2.45) is 0 Å². The zero-order valence-corrected chi connectivity index (χ0v) is 11.5. The molecular weight excluding hydrogens is 256 g/mol. The van der Waals surface area contributed by atoms with E-state index >= 15 is 0 Å². The smallest absolute Gasteiger partial charge is 0.257 e. The highest BCUT2D eigenvalue weighted by Crippen LogP contribution is 2.20. The molecule has 2 saturated heterocycles. The zero-order valence-electron chi connectivity index (χ0n) is 11.5. The Hall–Kier alpha value is -1.66. The molecule has 108 valence electrons. The van der Waals surface area contributed by atoms with Crippen LogP contribution in [0.5, 0.6) is 0 Å². The third-order valence-electron chi connectivity index (χ3n) is 4.08. The lowest BCUT2D eigenvalue weighted by Gasteiger charge is -2.32. The van der Waals surface area contributed by atoms with Gasteiger partial charge in [0.25, 0.3) is 5.91 Å². The molecule has 0 saturated carbocycles. The Morgan fingerprint density at radius 1 is 1.35 bits per heavy atom. The van der Waals surface area contributed by atoms with Gasteiger partial charge in [-0.15, -0.1) is 0 Å². The normalized spacial score (nSPS) is 24.0. The molecule has 2 N–H and O–H groups in total. The molecular formula is C14H20N4O2. The number of ether oxygens (including phenoxy) is 1. The Morgan fingerprint density at radius 2 is 2.15 bits per heavy atom. The molecule has 0 aromatic carbocycles. The van der Waals surface area contributed by atoms with E-state index in [0.29, 0.717) is 17.4 Å². The van der Waals surface area contributed by atoms with E-state index in [2.05, 4.69) is 9.88 Å². The SMILES string of the molecule is Nc1ncccc1C(=O)N1CCC(N2CCOCC2)C1. The minimum Gasteiger partial charge on any atom is -0.383 e. The summed E-state index contributed by atoms with van der Waals surface area (Å²) in [4.78, 5) is 20.7. The fourth-order valence-corrected chi connectivity index (χ4v) is 2.94. The van der Waals surface area contributed by atoms with Gasteiger partial charge < -0.3 is 15.4 Å². The summed E-state index contributed by atoms with van der Waals surface area (Å²) in [5.41, 5.74) is 6.29. The van der Waals surface area contributed by atoms with Crippen molar-refractivity contribution in [3.63, 3.8) is 0 Å². The molecule has 3 heterocycles. The van der Waals surface area contributed by atoms with Crippen molar-refractivity contribution < 1.29 is 9.53 Å². The average Bonchev–Trinajstić information content (AvgIpc) is 2.98. The van der Waals surface area contributed by atoms with Crippen molar-refractivity contribution in [1.29, 1.82) is 0 Å². The third kappa shape index (κ3) is 2.62. The number of hydrogen-bond donors (Lipinski definition) is 1. The molecule has 1 aromatic heterocycles. The molecule has 1 unspecified atom stereocenters. The van der Waals surface area contributed by atoms with Crippen LogP contribution in [0.25, 0.3) is 0 Å². The van der Waals surface area contributed by atoms with E-state index in [9.17, 15) is 4.79 Å². The first-order valence-corrected chi connectivity index (χ1v) is 7.07. The molecule has 2 fully saturated rings. The third-order valence-corrected chi connectivity index (χ3v) is 4.08. The monoisotopic (exact) mass is 276 g/mol. The number of carbonyl (C=O) groups excluding carboxylic acids is 1. The summed E-state index contributed by atoms with van der Waals surface area (Å²) < 4.78 is 5.37. The first kappa shape index (κ1) is 13.3. The quantitative estimate of drug-likeness (QED) is 0.836. The van der Waals surface area contributed by atoms with Crippen molar-refractivity contribution in [3.05, 3.63) is 23.9 Å². The Labute approximate surface area is 118 Å². The van der Waals surface area contributed by atoms with Gasteiger partial charge in [0, 0.05) is 38.4 Å². The molecule has 0 aliphatic carbocycles. The van der Waals surface area contributed by atoms with Crippen LogP contribution in [-0.4, -0.2) is 66.1 Å². The molecule has 0 bridgehead atoms. The summed E-state index contributed by atoms with van der Waals surface area (Å²) in [5, 5.41) is 0. The molecule has 3 rings (SSSR count). The summed E-state index contributed by atoms with van der Waals surface area (Å²) in [6.45, 7) is 5.06. The van der Waals surface area contributed by atoms with Gasteiger partial charge in [-0.05, 0) is 18.6 Å². The predicted molar refractivity (Wildman–Crippen MR) is 75.3 cm³/mol. The van der Waals surface area contributed by atoms with Gasteiger partial charge >= 0.3 is 0 Å². The van der Waals surface area contributed by atoms with Gasteiger partial charge in [-0.1, -0.05) is 0 Å². The van der Waals surface area contributed by atoms with Crippen LogP contribution >= 0.6 is 0 Å². The van der Waals surface area contributed by atoms with E-state index < -0.39 is 0 Å². The highest BCUT2D eigenvalue weighted by Gasteiger charge is 2.32. The number of nitrogens with two attached hydrogens (primary N) is 1. The Balaban J connectivity index is 1.65. The van der Waals surface area contributed by atoms with E-state index in [1.807, 2.05) is 4.90 Å². The summed E-state index contributed by atoms with van der Waals surface area (Å²) >= 11 is 0. The van der Waals surface area contributed by atoms with Gasteiger partial charge in [0.05, 0.1) is 18.8 Å². The molecule has 2 aliphatic rings. The number of pyridine rings is 1. The standard InChI is InChI=1S/C14H20N4O2/c15-13-12(2-1-4-16-13)14(19)18-5-3-11(10-18)17-6-8-20-9-7-17/h1-2,4,11H,3,5-10H2,(H2,15,16). The lowest BCUT2D eigenvalue weighted by Crippen LogP contribution is -2.45. The van der Waals surface area contributed by atoms with Crippen LogP contribution in [0.1, 0.15) is 16.8 Å². The largest absolute Gasteiger partial charge is 0.383 e. The van der Waals surface area contributed by atoms with Gasteiger partial charge in [0.15, 0.2) is 0 Å². The molecule has 20 heavy (non-hydrogen) atoms. The Kier molecular flexibility index (Phi) is 3.84. The maximum Gasteiger partial charge on any atom is 0.257 e. The molecule has 6 heteroatoms. The predicted octanol–water partition coefficient (Wildman–Crippen LogP) is 0.211. The van der Waals surface area contributed by atoms with Crippen molar-refractivity contribution in [1.82, 2.24) is 14.8 Å². The average molecular weight is 276 g/mol. The summed E-state index contributed by atoms with van der Waals surface area (Å²) in [5.74, 6) is 0.304. The second kappa shape index (κ2) is 5.76. The lowest BCUT2D eigenvalue weighted by molar-refractivity contribution is 0.0185. The second-order valence-electron chi connectivity index (χ2n) is 5.28. The molecule has 1 atom stereocenters. The van der Waals surface area contributed by atoms with Crippen LogP contribution in [0.15, 0.2) is 18.3 Å². The molecule has 1 amide bonds. The van der Waals surface area contributed by atoms with Crippen LogP contribution in [0, 0.1) is 0 Å². The zero-order chi connectivity index (χ0) is 13.9. The lowest BCUT2D eigenvalue weighted by atomic mass is 10.2. The maximum absolute atomic E-state index is 12.5. The maximum atomic E-state index is 12.5. The number of likely N-dealkylation sites (tertiary alicyclic amines) is 1. The fraction of sp³-hybridized carbons (Fsp3) is 0.571. The first-order valence-electron chi connectivity index (χ1n) is 7.07. The van der Waals surface area contributed by atoms with Gasteiger partial charge in [0.2, 0.25) is 0 Å². The number of carbonyl (C=O) groups is 1. The van der Waals surface area contributed by atoms with Gasteiger partial charge in [-0.3, -0.25) is 9.69 Å². The summed E-state index contributed by atoms with van der Waals surface area (Å²) in [7, 11) is 0. The van der Waals surface area contributed by atoms with E-state index in [4.69, 9.17) is 10.5 Å².